The number of aryl methyl sites for hydroxylation is 3. The number of amides is 1. The number of benzene rings is 2. The number of nitrogens with one attached hydrogen (secondary N) is 2. The summed E-state index contributed by atoms with van der Waals surface area (Å²) in [6.07, 6.45) is 3.34. The van der Waals surface area contributed by atoms with Crippen molar-refractivity contribution in [1.29, 1.82) is 0 Å². The molecule has 0 bridgehead atoms. The maximum atomic E-state index is 12.9. The SMILES string of the molecule is CC(=O)Nc1c(C)noc1/C=C\c1ccc(C)c(S(=O)(=O)Nc2ccc(C)cc2)c1. The van der Waals surface area contributed by atoms with Crippen molar-refractivity contribution >= 4 is 39.5 Å². The number of rotatable bonds is 6. The van der Waals surface area contributed by atoms with E-state index in [9.17, 15) is 13.2 Å². The molecular weight excluding hydrogens is 402 g/mol. The van der Waals surface area contributed by atoms with E-state index in [1.165, 1.54) is 6.92 Å². The number of carbonyl (C=O) groups excluding carboxylic acids is 1. The van der Waals surface area contributed by atoms with Gasteiger partial charge in [-0.15, -0.1) is 0 Å². The molecule has 0 unspecified atom stereocenters. The topological polar surface area (TPSA) is 101 Å². The van der Waals surface area contributed by atoms with E-state index >= 15 is 0 Å². The Labute approximate surface area is 175 Å². The number of carbonyl (C=O) groups is 1. The normalized spacial score (nSPS) is 11.6. The van der Waals surface area contributed by atoms with Crippen LogP contribution >= 0.6 is 0 Å². The zero-order valence-electron chi connectivity index (χ0n) is 17.2. The molecule has 30 heavy (non-hydrogen) atoms. The lowest BCUT2D eigenvalue weighted by molar-refractivity contribution is -0.114. The Morgan fingerprint density at radius 1 is 1.03 bits per heavy atom. The number of aromatic nitrogens is 1. The van der Waals surface area contributed by atoms with E-state index in [1.807, 2.05) is 19.1 Å². The molecule has 0 saturated carbocycles. The third-order valence-corrected chi connectivity index (χ3v) is 5.95. The summed E-state index contributed by atoms with van der Waals surface area (Å²) in [4.78, 5) is 11.6. The molecular formula is C22H23N3O4S. The van der Waals surface area contributed by atoms with E-state index in [-0.39, 0.29) is 10.8 Å². The number of nitrogens with zero attached hydrogens (tertiary/aromatic N) is 1. The van der Waals surface area contributed by atoms with Crippen LogP contribution in [0.25, 0.3) is 12.2 Å². The van der Waals surface area contributed by atoms with Gasteiger partial charge in [-0.25, -0.2) is 8.42 Å². The van der Waals surface area contributed by atoms with Gasteiger partial charge in [-0.3, -0.25) is 9.52 Å². The van der Waals surface area contributed by atoms with Crippen LogP contribution in [0.2, 0.25) is 0 Å². The molecule has 156 valence electrons. The Morgan fingerprint density at radius 2 is 1.73 bits per heavy atom. The fourth-order valence-corrected chi connectivity index (χ4v) is 4.18. The molecule has 0 saturated heterocycles. The van der Waals surface area contributed by atoms with Crippen LogP contribution < -0.4 is 10.0 Å². The van der Waals surface area contributed by atoms with Crippen molar-refractivity contribution < 1.29 is 17.7 Å². The number of anilines is 2. The Bertz CT molecular complexity index is 1210. The molecule has 0 atom stereocenters. The van der Waals surface area contributed by atoms with Crippen LogP contribution in [-0.4, -0.2) is 19.5 Å². The Morgan fingerprint density at radius 3 is 2.40 bits per heavy atom. The van der Waals surface area contributed by atoms with Crippen molar-refractivity contribution in [1.82, 2.24) is 5.16 Å². The predicted octanol–water partition coefficient (Wildman–Crippen LogP) is 4.53. The predicted molar refractivity (Wildman–Crippen MR) is 118 cm³/mol. The molecule has 0 radical (unpaired) electrons. The quantitative estimate of drug-likeness (QED) is 0.604. The van der Waals surface area contributed by atoms with Gasteiger partial charge in [0.1, 0.15) is 11.4 Å². The largest absolute Gasteiger partial charge is 0.354 e. The maximum Gasteiger partial charge on any atom is 0.262 e. The van der Waals surface area contributed by atoms with Gasteiger partial charge in [-0.2, -0.15) is 0 Å². The van der Waals surface area contributed by atoms with Crippen LogP contribution in [0.4, 0.5) is 11.4 Å². The van der Waals surface area contributed by atoms with Gasteiger partial charge in [-0.05, 0) is 56.2 Å². The second-order valence-corrected chi connectivity index (χ2v) is 8.67. The molecule has 0 spiro atoms. The highest BCUT2D eigenvalue weighted by Crippen LogP contribution is 2.25. The third kappa shape index (κ3) is 4.96. The summed E-state index contributed by atoms with van der Waals surface area (Å²) in [6.45, 7) is 6.80. The standard InChI is InChI=1S/C22H23N3O4S/c1-14-5-10-19(11-6-14)25-30(27,28)21-13-18(8-7-15(21)2)9-12-20-22(23-17(4)26)16(3)24-29-20/h5-13,25H,1-4H3,(H,23,26)/b12-9-. The molecule has 3 aromatic rings. The number of hydrogen-bond donors (Lipinski definition) is 2. The van der Waals surface area contributed by atoms with Crippen LogP contribution in [0, 0.1) is 20.8 Å². The van der Waals surface area contributed by atoms with Gasteiger partial charge in [0.15, 0.2) is 5.76 Å². The minimum Gasteiger partial charge on any atom is -0.354 e. The van der Waals surface area contributed by atoms with E-state index in [1.54, 1.807) is 56.3 Å². The van der Waals surface area contributed by atoms with Crippen molar-refractivity contribution in [3.05, 3.63) is 70.6 Å². The first kappa shape index (κ1) is 21.3. The first-order chi connectivity index (χ1) is 14.2. The van der Waals surface area contributed by atoms with Gasteiger partial charge < -0.3 is 9.84 Å². The maximum absolute atomic E-state index is 12.9. The van der Waals surface area contributed by atoms with E-state index in [4.69, 9.17) is 4.52 Å². The van der Waals surface area contributed by atoms with Gasteiger partial charge in [0.25, 0.3) is 10.0 Å². The van der Waals surface area contributed by atoms with Gasteiger partial charge in [0.05, 0.1) is 4.90 Å². The van der Waals surface area contributed by atoms with Crippen LogP contribution in [-0.2, 0) is 14.8 Å². The smallest absolute Gasteiger partial charge is 0.262 e. The summed E-state index contributed by atoms with van der Waals surface area (Å²) in [5.74, 6) is 0.146. The van der Waals surface area contributed by atoms with Gasteiger partial charge in [-0.1, -0.05) is 41.1 Å². The summed E-state index contributed by atoms with van der Waals surface area (Å²) < 4.78 is 33.7. The lowest BCUT2D eigenvalue weighted by atomic mass is 10.1. The van der Waals surface area contributed by atoms with E-state index in [0.717, 1.165) is 5.56 Å². The highest BCUT2D eigenvalue weighted by molar-refractivity contribution is 7.92. The lowest BCUT2D eigenvalue weighted by Gasteiger charge is -2.11. The molecule has 0 aliphatic carbocycles. The summed E-state index contributed by atoms with van der Waals surface area (Å²) >= 11 is 0. The van der Waals surface area contributed by atoms with Gasteiger partial charge in [0.2, 0.25) is 5.91 Å². The van der Waals surface area contributed by atoms with Crippen LogP contribution in [0.5, 0.6) is 0 Å². The fourth-order valence-electron chi connectivity index (χ4n) is 2.84. The molecule has 0 aliphatic heterocycles. The van der Waals surface area contributed by atoms with E-state index in [0.29, 0.717) is 34.0 Å². The zero-order chi connectivity index (χ0) is 21.9. The summed E-state index contributed by atoms with van der Waals surface area (Å²) in [5.41, 5.74) is 3.87. The summed E-state index contributed by atoms with van der Waals surface area (Å²) in [6, 6.07) is 12.3. The van der Waals surface area contributed by atoms with Crippen LogP contribution in [0.15, 0.2) is 51.9 Å². The molecule has 1 amide bonds. The highest BCUT2D eigenvalue weighted by atomic mass is 32.2. The van der Waals surface area contributed by atoms with Crippen LogP contribution in [0.3, 0.4) is 0 Å². The second-order valence-electron chi connectivity index (χ2n) is 7.02. The zero-order valence-corrected chi connectivity index (χ0v) is 18.0. The average Bonchev–Trinajstić information content (AvgIpc) is 3.02. The Kier molecular flexibility index (Phi) is 6.07. The molecule has 8 heteroatoms. The summed E-state index contributed by atoms with van der Waals surface area (Å²) in [5, 5.41) is 6.54. The third-order valence-electron chi connectivity index (χ3n) is 4.42. The first-order valence-corrected chi connectivity index (χ1v) is 10.8. The van der Waals surface area contributed by atoms with Crippen molar-refractivity contribution in [3.8, 4) is 0 Å². The minimum absolute atomic E-state index is 0.182. The fraction of sp³-hybridized carbons (Fsp3) is 0.182. The lowest BCUT2D eigenvalue weighted by Crippen LogP contribution is -2.14. The molecule has 1 heterocycles. The Hall–Kier alpha value is -3.39. The van der Waals surface area contributed by atoms with E-state index in [2.05, 4.69) is 15.2 Å². The van der Waals surface area contributed by atoms with Gasteiger partial charge in [0, 0.05) is 12.6 Å². The number of hydrogen-bond acceptors (Lipinski definition) is 5. The van der Waals surface area contributed by atoms with Crippen molar-refractivity contribution in [2.24, 2.45) is 0 Å². The average molecular weight is 426 g/mol. The van der Waals surface area contributed by atoms with Crippen LogP contribution in [0.1, 0.15) is 35.1 Å². The molecule has 1 aromatic heterocycles. The first-order valence-electron chi connectivity index (χ1n) is 9.28. The number of sulfonamides is 1. The summed E-state index contributed by atoms with van der Waals surface area (Å²) in [7, 11) is -3.76. The molecule has 7 nitrogen and oxygen atoms in total. The second kappa shape index (κ2) is 8.54. The van der Waals surface area contributed by atoms with E-state index < -0.39 is 10.0 Å². The van der Waals surface area contributed by atoms with Crippen molar-refractivity contribution in [3.63, 3.8) is 0 Å². The van der Waals surface area contributed by atoms with Crippen molar-refractivity contribution in [2.75, 3.05) is 10.0 Å². The molecule has 0 fully saturated rings. The Balaban J connectivity index is 1.89. The minimum atomic E-state index is -3.76. The monoisotopic (exact) mass is 425 g/mol. The molecule has 0 aliphatic rings. The highest BCUT2D eigenvalue weighted by Gasteiger charge is 2.17. The molecule has 2 aromatic carbocycles. The molecule has 2 N–H and O–H groups in total. The van der Waals surface area contributed by atoms with Gasteiger partial charge >= 0.3 is 0 Å². The van der Waals surface area contributed by atoms with Crippen molar-refractivity contribution in [2.45, 2.75) is 32.6 Å². The molecule has 3 rings (SSSR count).